The first-order valence-electron chi connectivity index (χ1n) is 7.32. The molecule has 0 radical (unpaired) electrons. The van der Waals surface area contributed by atoms with Crippen LogP contribution in [0, 0.1) is 13.8 Å². The van der Waals surface area contributed by atoms with E-state index in [0.29, 0.717) is 12.5 Å². The Bertz CT molecular complexity index is 797. The average molecular weight is 292 g/mol. The SMILES string of the molecule is Cc1ccc(NC(N)=NCc2cc3ccccc3[nH]2)cc1C. The Balaban J connectivity index is 1.70. The van der Waals surface area contributed by atoms with Crippen molar-refractivity contribution in [1.82, 2.24) is 4.98 Å². The zero-order chi connectivity index (χ0) is 15.5. The first kappa shape index (κ1) is 14.2. The van der Waals surface area contributed by atoms with Crippen molar-refractivity contribution in [3.63, 3.8) is 0 Å². The maximum atomic E-state index is 5.96. The van der Waals surface area contributed by atoms with Crippen molar-refractivity contribution in [1.29, 1.82) is 0 Å². The highest BCUT2D eigenvalue weighted by atomic mass is 15.1. The number of benzene rings is 2. The van der Waals surface area contributed by atoms with Crippen molar-refractivity contribution < 1.29 is 0 Å². The minimum absolute atomic E-state index is 0.418. The molecule has 22 heavy (non-hydrogen) atoms. The third-order valence-corrected chi connectivity index (χ3v) is 3.78. The number of rotatable bonds is 3. The number of guanidine groups is 1. The number of aliphatic imine (C=N–C) groups is 1. The summed E-state index contributed by atoms with van der Waals surface area (Å²) in [5.41, 5.74) is 11.6. The minimum atomic E-state index is 0.418. The molecular formula is C18H20N4. The normalized spacial score (nSPS) is 11.8. The molecule has 2 aromatic carbocycles. The highest BCUT2D eigenvalue weighted by Gasteiger charge is 2.01. The highest BCUT2D eigenvalue weighted by Crippen LogP contribution is 2.16. The summed E-state index contributed by atoms with van der Waals surface area (Å²) in [7, 11) is 0. The molecule has 0 unspecified atom stereocenters. The van der Waals surface area contributed by atoms with Gasteiger partial charge in [0.1, 0.15) is 0 Å². The predicted molar refractivity (Wildman–Crippen MR) is 93.2 cm³/mol. The minimum Gasteiger partial charge on any atom is -0.370 e. The summed E-state index contributed by atoms with van der Waals surface area (Å²) < 4.78 is 0. The quantitative estimate of drug-likeness (QED) is 0.509. The van der Waals surface area contributed by atoms with Crippen molar-refractivity contribution in [3.05, 3.63) is 65.4 Å². The fourth-order valence-electron chi connectivity index (χ4n) is 2.40. The fraction of sp³-hybridized carbons (Fsp3) is 0.167. The van der Waals surface area contributed by atoms with Crippen LogP contribution in [-0.4, -0.2) is 10.9 Å². The van der Waals surface area contributed by atoms with Crippen molar-refractivity contribution in [2.24, 2.45) is 10.7 Å². The standard InChI is InChI=1S/C18H20N4/c1-12-7-8-15(9-13(12)2)22-18(19)20-11-16-10-14-5-3-4-6-17(14)21-16/h3-10,21H,11H2,1-2H3,(H3,19,20,22). The number of fused-ring (bicyclic) bond motifs is 1. The fourth-order valence-corrected chi connectivity index (χ4v) is 2.40. The molecule has 0 aliphatic rings. The molecular weight excluding hydrogens is 272 g/mol. The molecule has 1 aromatic heterocycles. The summed E-state index contributed by atoms with van der Waals surface area (Å²) in [6.45, 7) is 4.70. The van der Waals surface area contributed by atoms with Gasteiger partial charge in [-0.1, -0.05) is 24.3 Å². The zero-order valence-corrected chi connectivity index (χ0v) is 12.9. The van der Waals surface area contributed by atoms with E-state index < -0.39 is 0 Å². The molecule has 1 heterocycles. The Morgan fingerprint density at radius 2 is 1.91 bits per heavy atom. The van der Waals surface area contributed by atoms with E-state index in [2.05, 4.69) is 59.5 Å². The first-order chi connectivity index (χ1) is 10.6. The largest absolute Gasteiger partial charge is 0.370 e. The number of nitrogens with zero attached hydrogens (tertiary/aromatic N) is 1. The monoisotopic (exact) mass is 292 g/mol. The van der Waals surface area contributed by atoms with Crippen LogP contribution in [0.5, 0.6) is 0 Å². The van der Waals surface area contributed by atoms with Gasteiger partial charge in [0.05, 0.1) is 6.54 Å². The third kappa shape index (κ3) is 3.11. The predicted octanol–water partition coefficient (Wildman–Crippen LogP) is 3.71. The molecule has 0 amide bonds. The first-order valence-corrected chi connectivity index (χ1v) is 7.32. The Labute approximate surface area is 130 Å². The molecule has 0 saturated heterocycles. The van der Waals surface area contributed by atoms with Gasteiger partial charge >= 0.3 is 0 Å². The molecule has 112 valence electrons. The van der Waals surface area contributed by atoms with Crippen LogP contribution in [0.15, 0.2) is 53.5 Å². The Kier molecular flexibility index (Phi) is 3.83. The lowest BCUT2D eigenvalue weighted by Gasteiger charge is -2.07. The van der Waals surface area contributed by atoms with Crippen molar-refractivity contribution >= 4 is 22.5 Å². The van der Waals surface area contributed by atoms with Crippen LogP contribution < -0.4 is 11.1 Å². The Morgan fingerprint density at radius 3 is 2.68 bits per heavy atom. The lowest BCUT2D eigenvalue weighted by molar-refractivity contribution is 1.01. The van der Waals surface area contributed by atoms with Gasteiger partial charge < -0.3 is 16.0 Å². The van der Waals surface area contributed by atoms with Gasteiger partial charge in [0, 0.05) is 16.9 Å². The average Bonchev–Trinajstić information content (AvgIpc) is 2.92. The second-order valence-electron chi connectivity index (χ2n) is 5.51. The van der Waals surface area contributed by atoms with Crippen molar-refractivity contribution in [3.8, 4) is 0 Å². The number of para-hydroxylation sites is 1. The molecule has 0 atom stereocenters. The van der Waals surface area contributed by atoms with E-state index in [4.69, 9.17) is 5.73 Å². The van der Waals surface area contributed by atoms with Gasteiger partial charge in [0.15, 0.2) is 5.96 Å². The van der Waals surface area contributed by atoms with Crippen LogP contribution >= 0.6 is 0 Å². The molecule has 0 saturated carbocycles. The smallest absolute Gasteiger partial charge is 0.193 e. The zero-order valence-electron chi connectivity index (χ0n) is 12.9. The van der Waals surface area contributed by atoms with E-state index in [-0.39, 0.29) is 0 Å². The molecule has 0 aliphatic carbocycles. The van der Waals surface area contributed by atoms with E-state index in [1.165, 1.54) is 16.5 Å². The van der Waals surface area contributed by atoms with Crippen LogP contribution in [-0.2, 0) is 6.54 Å². The van der Waals surface area contributed by atoms with Crippen LogP contribution in [0.4, 0.5) is 5.69 Å². The van der Waals surface area contributed by atoms with Crippen LogP contribution in [0.2, 0.25) is 0 Å². The van der Waals surface area contributed by atoms with Gasteiger partial charge in [-0.05, 0) is 54.6 Å². The van der Waals surface area contributed by atoms with Crippen LogP contribution in [0.3, 0.4) is 0 Å². The van der Waals surface area contributed by atoms with Crippen molar-refractivity contribution in [2.75, 3.05) is 5.32 Å². The van der Waals surface area contributed by atoms with Gasteiger partial charge in [0.25, 0.3) is 0 Å². The van der Waals surface area contributed by atoms with Gasteiger partial charge in [0.2, 0.25) is 0 Å². The molecule has 4 heteroatoms. The van der Waals surface area contributed by atoms with Gasteiger partial charge in [-0.25, -0.2) is 4.99 Å². The number of aromatic nitrogens is 1. The molecule has 4 nitrogen and oxygen atoms in total. The molecule has 4 N–H and O–H groups in total. The van der Waals surface area contributed by atoms with E-state index in [0.717, 1.165) is 16.9 Å². The molecule has 0 aliphatic heterocycles. The summed E-state index contributed by atoms with van der Waals surface area (Å²) in [5.74, 6) is 0.418. The van der Waals surface area contributed by atoms with Gasteiger partial charge in [-0.3, -0.25) is 0 Å². The maximum absolute atomic E-state index is 5.96. The van der Waals surface area contributed by atoms with E-state index in [1.807, 2.05) is 18.2 Å². The number of nitrogens with two attached hydrogens (primary N) is 1. The van der Waals surface area contributed by atoms with Gasteiger partial charge in [-0.15, -0.1) is 0 Å². The van der Waals surface area contributed by atoms with Crippen LogP contribution in [0.25, 0.3) is 10.9 Å². The van der Waals surface area contributed by atoms with Gasteiger partial charge in [-0.2, -0.15) is 0 Å². The molecule has 3 aromatic rings. The van der Waals surface area contributed by atoms with Crippen LogP contribution in [0.1, 0.15) is 16.8 Å². The summed E-state index contributed by atoms with van der Waals surface area (Å²) in [6, 6.07) is 16.4. The maximum Gasteiger partial charge on any atom is 0.193 e. The number of nitrogens with one attached hydrogen (secondary N) is 2. The second-order valence-corrected chi connectivity index (χ2v) is 5.51. The molecule has 0 fully saturated rings. The number of hydrogen-bond acceptors (Lipinski definition) is 1. The number of anilines is 1. The number of aryl methyl sites for hydroxylation is 2. The van der Waals surface area contributed by atoms with E-state index in [9.17, 15) is 0 Å². The Hall–Kier alpha value is -2.75. The molecule has 3 rings (SSSR count). The molecule has 0 bridgehead atoms. The van der Waals surface area contributed by atoms with E-state index >= 15 is 0 Å². The Morgan fingerprint density at radius 1 is 1.09 bits per heavy atom. The summed E-state index contributed by atoms with van der Waals surface area (Å²) >= 11 is 0. The lowest BCUT2D eigenvalue weighted by Crippen LogP contribution is -2.22. The second kappa shape index (κ2) is 5.93. The molecule has 0 spiro atoms. The topological polar surface area (TPSA) is 66.2 Å². The summed E-state index contributed by atoms with van der Waals surface area (Å²) in [4.78, 5) is 7.73. The number of hydrogen-bond donors (Lipinski definition) is 3. The third-order valence-electron chi connectivity index (χ3n) is 3.78. The number of aromatic amines is 1. The summed E-state index contributed by atoms with van der Waals surface area (Å²) in [5, 5.41) is 4.32. The van der Waals surface area contributed by atoms with Crippen molar-refractivity contribution in [2.45, 2.75) is 20.4 Å². The number of H-pyrrole nitrogens is 1. The summed E-state index contributed by atoms with van der Waals surface area (Å²) in [6.07, 6.45) is 0. The lowest BCUT2D eigenvalue weighted by atomic mass is 10.1. The highest BCUT2D eigenvalue weighted by molar-refractivity contribution is 5.92. The van der Waals surface area contributed by atoms with E-state index in [1.54, 1.807) is 0 Å².